The van der Waals surface area contributed by atoms with E-state index in [0.29, 0.717) is 33.1 Å². The molecule has 0 aliphatic rings. The number of hydrogen-bond acceptors (Lipinski definition) is 5. The van der Waals surface area contributed by atoms with Gasteiger partial charge in [0.15, 0.2) is 0 Å². The Kier molecular flexibility index (Phi) is 5.03. The molecule has 1 aromatic heterocycles. The molecule has 0 radical (unpaired) electrons. The van der Waals surface area contributed by atoms with Crippen molar-refractivity contribution in [3.8, 4) is 6.07 Å². The van der Waals surface area contributed by atoms with Crippen molar-refractivity contribution in [1.82, 2.24) is 9.97 Å². The van der Waals surface area contributed by atoms with Gasteiger partial charge in [-0.15, -0.1) is 0 Å². The lowest BCUT2D eigenvalue weighted by atomic mass is 10.2. The summed E-state index contributed by atoms with van der Waals surface area (Å²) in [6.07, 6.45) is 0. The summed E-state index contributed by atoms with van der Waals surface area (Å²) in [5.74, 6) is 1.81. The summed E-state index contributed by atoms with van der Waals surface area (Å²) in [7, 11) is 0. The van der Waals surface area contributed by atoms with Gasteiger partial charge < -0.3 is 10.6 Å². The van der Waals surface area contributed by atoms with Crippen LogP contribution in [0.1, 0.15) is 11.4 Å². The molecule has 3 rings (SSSR count). The Morgan fingerprint density at radius 2 is 1.52 bits per heavy atom. The highest BCUT2D eigenvalue weighted by atomic mass is 35.5. The Hall–Kier alpha value is -2.81. The summed E-state index contributed by atoms with van der Waals surface area (Å²) < 4.78 is 0. The number of hydrogen-bond donors (Lipinski definition) is 2. The van der Waals surface area contributed by atoms with Crippen LogP contribution in [0.2, 0.25) is 10.0 Å². The second kappa shape index (κ2) is 7.39. The Morgan fingerprint density at radius 1 is 0.880 bits per heavy atom. The first-order valence-corrected chi connectivity index (χ1v) is 8.13. The van der Waals surface area contributed by atoms with Crippen molar-refractivity contribution in [3.63, 3.8) is 0 Å². The number of anilines is 4. The van der Waals surface area contributed by atoms with E-state index in [1.54, 1.807) is 43.3 Å². The van der Waals surface area contributed by atoms with E-state index in [-0.39, 0.29) is 0 Å². The van der Waals surface area contributed by atoms with Crippen molar-refractivity contribution in [2.45, 2.75) is 6.92 Å². The highest BCUT2D eigenvalue weighted by Crippen LogP contribution is 2.26. The second-order valence-corrected chi connectivity index (χ2v) is 6.16. The van der Waals surface area contributed by atoms with Crippen LogP contribution in [0.3, 0.4) is 0 Å². The molecule has 0 amide bonds. The number of aryl methyl sites for hydroxylation is 1. The van der Waals surface area contributed by atoms with Crippen molar-refractivity contribution in [3.05, 3.63) is 70.0 Å². The first-order valence-electron chi connectivity index (χ1n) is 7.38. The van der Waals surface area contributed by atoms with Crippen LogP contribution in [0.4, 0.5) is 23.0 Å². The normalized spacial score (nSPS) is 10.2. The van der Waals surface area contributed by atoms with Crippen LogP contribution in [-0.2, 0) is 0 Å². The molecule has 1 heterocycles. The highest BCUT2D eigenvalue weighted by Gasteiger charge is 2.05. The topological polar surface area (TPSA) is 73.6 Å². The van der Waals surface area contributed by atoms with Crippen LogP contribution in [0.5, 0.6) is 0 Å². The van der Waals surface area contributed by atoms with Gasteiger partial charge in [-0.25, -0.2) is 9.97 Å². The van der Waals surface area contributed by atoms with Crippen LogP contribution in [-0.4, -0.2) is 9.97 Å². The molecule has 0 spiro atoms. The van der Waals surface area contributed by atoms with Crippen molar-refractivity contribution in [2.24, 2.45) is 0 Å². The van der Waals surface area contributed by atoms with E-state index in [4.69, 9.17) is 28.5 Å². The third-order valence-electron chi connectivity index (χ3n) is 3.24. The summed E-state index contributed by atoms with van der Waals surface area (Å²) in [5.41, 5.74) is 2.07. The summed E-state index contributed by atoms with van der Waals surface area (Å²) in [6.45, 7) is 1.80. The summed E-state index contributed by atoms with van der Waals surface area (Å²) in [6, 6.07) is 16.2. The average Bonchev–Trinajstić information content (AvgIpc) is 2.53. The number of nitrogens with one attached hydrogen (secondary N) is 2. The van der Waals surface area contributed by atoms with Gasteiger partial charge in [-0.3, -0.25) is 0 Å². The monoisotopic (exact) mass is 369 g/mol. The molecule has 0 saturated heterocycles. The molecule has 124 valence electrons. The van der Waals surface area contributed by atoms with Crippen LogP contribution >= 0.6 is 23.2 Å². The van der Waals surface area contributed by atoms with Gasteiger partial charge in [0, 0.05) is 27.5 Å². The van der Waals surface area contributed by atoms with E-state index in [9.17, 15) is 0 Å². The molecule has 5 nitrogen and oxygen atoms in total. The SMILES string of the molecule is Cc1nc(Nc2cc(Cl)cc(Cl)c2)cc(Nc2cccc(C#N)c2)n1. The number of benzene rings is 2. The average molecular weight is 370 g/mol. The van der Waals surface area contributed by atoms with Crippen molar-refractivity contribution in [2.75, 3.05) is 10.6 Å². The van der Waals surface area contributed by atoms with Gasteiger partial charge in [0.1, 0.15) is 17.5 Å². The fourth-order valence-corrected chi connectivity index (χ4v) is 2.81. The van der Waals surface area contributed by atoms with Gasteiger partial charge in [-0.2, -0.15) is 5.26 Å². The maximum absolute atomic E-state index is 8.99. The zero-order chi connectivity index (χ0) is 17.8. The lowest BCUT2D eigenvalue weighted by Gasteiger charge is -2.11. The molecule has 2 aromatic carbocycles. The van der Waals surface area contributed by atoms with Gasteiger partial charge in [-0.05, 0) is 43.3 Å². The van der Waals surface area contributed by atoms with Gasteiger partial charge >= 0.3 is 0 Å². The number of rotatable bonds is 4. The van der Waals surface area contributed by atoms with Gasteiger partial charge in [-0.1, -0.05) is 29.3 Å². The largest absolute Gasteiger partial charge is 0.340 e. The summed E-state index contributed by atoms with van der Waals surface area (Å²) in [4.78, 5) is 8.73. The number of aromatic nitrogens is 2. The van der Waals surface area contributed by atoms with Crippen molar-refractivity contribution >= 4 is 46.2 Å². The van der Waals surface area contributed by atoms with Crippen LogP contribution < -0.4 is 10.6 Å². The summed E-state index contributed by atoms with van der Waals surface area (Å²) in [5, 5.41) is 16.4. The third-order valence-corrected chi connectivity index (χ3v) is 3.67. The molecule has 3 aromatic rings. The molecule has 7 heteroatoms. The van der Waals surface area contributed by atoms with Crippen LogP contribution in [0, 0.1) is 18.3 Å². The van der Waals surface area contributed by atoms with Crippen LogP contribution in [0.25, 0.3) is 0 Å². The third kappa shape index (κ3) is 4.60. The molecule has 0 saturated carbocycles. The quantitative estimate of drug-likeness (QED) is 0.639. The van der Waals surface area contributed by atoms with Gasteiger partial charge in [0.25, 0.3) is 0 Å². The van der Waals surface area contributed by atoms with E-state index < -0.39 is 0 Å². The van der Waals surface area contributed by atoms with E-state index in [1.165, 1.54) is 0 Å². The van der Waals surface area contributed by atoms with Gasteiger partial charge in [0.05, 0.1) is 11.6 Å². The molecular weight excluding hydrogens is 357 g/mol. The Balaban J connectivity index is 1.86. The Morgan fingerprint density at radius 3 is 2.16 bits per heavy atom. The van der Waals surface area contributed by atoms with E-state index in [2.05, 4.69) is 26.7 Å². The minimum Gasteiger partial charge on any atom is -0.340 e. The fraction of sp³-hybridized carbons (Fsp3) is 0.0556. The maximum Gasteiger partial charge on any atom is 0.136 e. The number of nitrogens with zero attached hydrogens (tertiary/aromatic N) is 3. The molecule has 0 aliphatic carbocycles. The number of halogens is 2. The molecule has 0 aliphatic heterocycles. The fourth-order valence-electron chi connectivity index (χ4n) is 2.28. The van der Waals surface area contributed by atoms with Crippen LogP contribution in [0.15, 0.2) is 48.5 Å². The summed E-state index contributed by atoms with van der Waals surface area (Å²) >= 11 is 12.0. The molecule has 0 fully saturated rings. The Labute approximate surface area is 155 Å². The predicted octanol–water partition coefficient (Wildman–Crippen LogP) is 5.45. The molecular formula is C18H13Cl2N5. The standard InChI is InChI=1S/C18H13Cl2N5/c1-11-22-17(24-15-4-2-3-12(5-15)10-21)9-18(23-11)25-16-7-13(19)6-14(20)8-16/h2-9H,1H3,(H2,22,23,24,25). The minimum absolute atomic E-state index is 0.535. The number of nitriles is 1. The van der Waals surface area contributed by atoms with Crippen molar-refractivity contribution in [1.29, 1.82) is 5.26 Å². The molecule has 0 bridgehead atoms. The lowest BCUT2D eigenvalue weighted by molar-refractivity contribution is 1.06. The molecule has 2 N–H and O–H groups in total. The Bertz CT molecular complexity index is 946. The molecule has 25 heavy (non-hydrogen) atoms. The molecule has 0 atom stereocenters. The first kappa shape index (κ1) is 17.0. The molecule has 0 unspecified atom stereocenters. The zero-order valence-corrected chi connectivity index (χ0v) is 14.7. The first-order chi connectivity index (χ1) is 12.0. The lowest BCUT2D eigenvalue weighted by Crippen LogP contribution is -2.01. The van der Waals surface area contributed by atoms with Gasteiger partial charge in [0.2, 0.25) is 0 Å². The highest BCUT2D eigenvalue weighted by molar-refractivity contribution is 6.35. The van der Waals surface area contributed by atoms with E-state index in [1.807, 2.05) is 12.1 Å². The zero-order valence-electron chi connectivity index (χ0n) is 13.2. The maximum atomic E-state index is 8.99. The predicted molar refractivity (Wildman–Crippen MR) is 101 cm³/mol. The smallest absolute Gasteiger partial charge is 0.136 e. The van der Waals surface area contributed by atoms with Crippen molar-refractivity contribution < 1.29 is 0 Å². The minimum atomic E-state index is 0.535. The van der Waals surface area contributed by atoms with E-state index >= 15 is 0 Å². The van der Waals surface area contributed by atoms with E-state index in [0.717, 1.165) is 11.4 Å². The second-order valence-electron chi connectivity index (χ2n) is 5.29.